The van der Waals surface area contributed by atoms with E-state index in [1.807, 2.05) is 35.2 Å². The molecule has 0 radical (unpaired) electrons. The Morgan fingerprint density at radius 1 is 1.10 bits per heavy atom. The number of amides is 1. The molecule has 2 N–H and O–H groups in total. The third kappa shape index (κ3) is 4.16. The number of rotatable bonds is 6. The van der Waals surface area contributed by atoms with Gasteiger partial charge in [-0.3, -0.25) is 4.79 Å². The molecule has 1 aliphatic rings. The first-order valence-electron chi connectivity index (χ1n) is 10.2. The highest BCUT2D eigenvalue weighted by Crippen LogP contribution is 2.26. The van der Waals surface area contributed by atoms with Gasteiger partial charge in [0.15, 0.2) is 0 Å². The molecular weight excluding hydrogens is 366 g/mol. The van der Waals surface area contributed by atoms with E-state index in [4.69, 9.17) is 4.74 Å². The molecule has 1 aliphatic heterocycles. The maximum absolute atomic E-state index is 13.1. The average Bonchev–Trinajstić information content (AvgIpc) is 3.17. The molecule has 4 rings (SSSR count). The number of benzene rings is 2. The Bertz CT molecular complexity index is 973. The van der Waals surface area contributed by atoms with Gasteiger partial charge in [0.05, 0.1) is 12.2 Å². The lowest BCUT2D eigenvalue weighted by molar-refractivity contribution is 0.0749. The van der Waals surface area contributed by atoms with Crippen LogP contribution in [0.25, 0.3) is 10.9 Å². The fourth-order valence-corrected chi connectivity index (χ4v) is 3.70. The lowest BCUT2D eigenvalue weighted by Crippen LogP contribution is -2.48. The molecule has 6 heteroatoms. The number of unbranched alkanes of at least 4 members (excludes halogenated alkanes) is 1. The lowest BCUT2D eigenvalue weighted by atomic mass is 10.1. The highest BCUT2D eigenvalue weighted by atomic mass is 16.5. The van der Waals surface area contributed by atoms with Crippen LogP contribution in [0.5, 0.6) is 11.5 Å². The first-order valence-corrected chi connectivity index (χ1v) is 10.2. The van der Waals surface area contributed by atoms with E-state index in [-0.39, 0.29) is 11.7 Å². The van der Waals surface area contributed by atoms with Crippen molar-refractivity contribution < 1.29 is 14.6 Å². The van der Waals surface area contributed by atoms with Crippen molar-refractivity contribution >= 4 is 22.5 Å². The highest BCUT2D eigenvalue weighted by molar-refractivity contribution is 6.07. The monoisotopic (exact) mass is 393 g/mol. The van der Waals surface area contributed by atoms with Gasteiger partial charge in [-0.15, -0.1) is 0 Å². The second-order valence-corrected chi connectivity index (χ2v) is 7.41. The van der Waals surface area contributed by atoms with Gasteiger partial charge in [-0.25, -0.2) is 0 Å². The van der Waals surface area contributed by atoms with Crippen molar-refractivity contribution in [2.24, 2.45) is 0 Å². The van der Waals surface area contributed by atoms with Crippen LogP contribution < -0.4 is 9.64 Å². The Hall–Kier alpha value is -3.15. The van der Waals surface area contributed by atoms with Crippen molar-refractivity contribution in [1.29, 1.82) is 0 Å². The number of piperazine rings is 1. The zero-order valence-corrected chi connectivity index (χ0v) is 16.7. The molecule has 0 bridgehead atoms. The van der Waals surface area contributed by atoms with Crippen LogP contribution in [0.15, 0.2) is 48.7 Å². The van der Waals surface area contributed by atoms with E-state index in [1.165, 1.54) is 0 Å². The van der Waals surface area contributed by atoms with E-state index in [0.717, 1.165) is 48.3 Å². The van der Waals surface area contributed by atoms with Gasteiger partial charge in [0.2, 0.25) is 0 Å². The number of aromatic amines is 1. The van der Waals surface area contributed by atoms with E-state index in [1.54, 1.807) is 18.3 Å². The summed E-state index contributed by atoms with van der Waals surface area (Å²) in [4.78, 5) is 20.5. The molecule has 0 spiro atoms. The molecule has 1 saturated heterocycles. The number of anilines is 1. The minimum absolute atomic E-state index is 0.0484. The SMILES string of the molecule is CCCCOc1ccc2[nH]cc(C(=O)N3CCN(c4ccc(O)cc4)CC3)c2c1. The molecule has 152 valence electrons. The zero-order valence-electron chi connectivity index (χ0n) is 16.7. The van der Waals surface area contributed by atoms with Gasteiger partial charge in [0.1, 0.15) is 11.5 Å². The second kappa shape index (κ2) is 8.47. The predicted octanol–water partition coefficient (Wildman–Crippen LogP) is 4.01. The van der Waals surface area contributed by atoms with E-state index in [2.05, 4.69) is 16.8 Å². The topological polar surface area (TPSA) is 68.8 Å². The van der Waals surface area contributed by atoms with Crippen molar-refractivity contribution in [2.75, 3.05) is 37.7 Å². The molecule has 1 aromatic heterocycles. The number of hydrogen-bond donors (Lipinski definition) is 2. The van der Waals surface area contributed by atoms with E-state index in [9.17, 15) is 9.90 Å². The number of H-pyrrole nitrogens is 1. The van der Waals surface area contributed by atoms with Crippen LogP contribution in [0.4, 0.5) is 5.69 Å². The molecular formula is C23H27N3O3. The van der Waals surface area contributed by atoms with E-state index < -0.39 is 0 Å². The summed E-state index contributed by atoms with van der Waals surface area (Å²) in [6.07, 6.45) is 3.91. The van der Waals surface area contributed by atoms with Crippen LogP contribution in [0.2, 0.25) is 0 Å². The Morgan fingerprint density at radius 3 is 2.59 bits per heavy atom. The molecule has 2 heterocycles. The van der Waals surface area contributed by atoms with Crippen molar-refractivity contribution in [3.63, 3.8) is 0 Å². The maximum atomic E-state index is 13.1. The van der Waals surface area contributed by atoms with E-state index in [0.29, 0.717) is 25.3 Å². The predicted molar refractivity (Wildman–Crippen MR) is 115 cm³/mol. The van der Waals surface area contributed by atoms with Gasteiger partial charge in [0.25, 0.3) is 5.91 Å². The number of aromatic hydroxyl groups is 1. The van der Waals surface area contributed by atoms with Crippen LogP contribution in [0.1, 0.15) is 30.1 Å². The molecule has 6 nitrogen and oxygen atoms in total. The first kappa shape index (κ1) is 19.2. The number of carbonyl (C=O) groups is 1. The van der Waals surface area contributed by atoms with Crippen molar-refractivity contribution in [3.05, 3.63) is 54.2 Å². The number of nitrogens with one attached hydrogen (secondary N) is 1. The van der Waals surface area contributed by atoms with E-state index >= 15 is 0 Å². The molecule has 1 fully saturated rings. The Labute approximate surface area is 170 Å². The van der Waals surface area contributed by atoms with Crippen LogP contribution in [0, 0.1) is 0 Å². The Morgan fingerprint density at radius 2 is 1.86 bits per heavy atom. The summed E-state index contributed by atoms with van der Waals surface area (Å²) in [6, 6.07) is 13.1. The average molecular weight is 393 g/mol. The number of phenols is 1. The number of nitrogens with zero attached hydrogens (tertiary/aromatic N) is 2. The summed E-state index contributed by atoms with van der Waals surface area (Å²) in [5.74, 6) is 1.11. The van der Waals surface area contributed by atoms with Gasteiger partial charge in [-0.05, 0) is 48.9 Å². The maximum Gasteiger partial charge on any atom is 0.256 e. The lowest BCUT2D eigenvalue weighted by Gasteiger charge is -2.36. The summed E-state index contributed by atoms with van der Waals surface area (Å²) >= 11 is 0. The third-order valence-electron chi connectivity index (χ3n) is 5.43. The second-order valence-electron chi connectivity index (χ2n) is 7.41. The largest absolute Gasteiger partial charge is 0.508 e. The summed E-state index contributed by atoms with van der Waals surface area (Å²) in [5, 5.41) is 10.4. The molecule has 2 aromatic carbocycles. The van der Waals surface area contributed by atoms with Crippen molar-refractivity contribution in [3.8, 4) is 11.5 Å². The molecule has 0 atom stereocenters. The number of fused-ring (bicyclic) bond motifs is 1. The third-order valence-corrected chi connectivity index (χ3v) is 5.43. The number of carbonyl (C=O) groups excluding carboxylic acids is 1. The molecule has 0 aliphatic carbocycles. The first-order chi connectivity index (χ1) is 14.2. The van der Waals surface area contributed by atoms with Crippen molar-refractivity contribution in [2.45, 2.75) is 19.8 Å². The van der Waals surface area contributed by atoms with Crippen LogP contribution in [-0.2, 0) is 0 Å². The zero-order chi connectivity index (χ0) is 20.2. The van der Waals surface area contributed by atoms with Crippen LogP contribution in [-0.4, -0.2) is 53.7 Å². The number of aromatic nitrogens is 1. The number of hydrogen-bond acceptors (Lipinski definition) is 4. The fraction of sp³-hybridized carbons (Fsp3) is 0.348. The van der Waals surface area contributed by atoms with Gasteiger partial charge >= 0.3 is 0 Å². The molecule has 3 aromatic rings. The quantitative estimate of drug-likeness (QED) is 0.621. The molecule has 0 unspecified atom stereocenters. The van der Waals surface area contributed by atoms with Gasteiger partial charge in [0, 0.05) is 49.0 Å². The number of phenolic OH excluding ortho intramolecular Hbond substituents is 1. The minimum Gasteiger partial charge on any atom is -0.508 e. The summed E-state index contributed by atoms with van der Waals surface area (Å²) in [6.45, 7) is 5.69. The summed E-state index contributed by atoms with van der Waals surface area (Å²) < 4.78 is 5.81. The Balaban J connectivity index is 1.45. The van der Waals surface area contributed by atoms with Crippen LogP contribution in [0.3, 0.4) is 0 Å². The van der Waals surface area contributed by atoms with Crippen molar-refractivity contribution in [1.82, 2.24) is 9.88 Å². The fourth-order valence-electron chi connectivity index (χ4n) is 3.70. The Kier molecular flexibility index (Phi) is 5.60. The number of ether oxygens (including phenoxy) is 1. The van der Waals surface area contributed by atoms with Gasteiger partial charge in [-0.1, -0.05) is 13.3 Å². The molecule has 1 amide bonds. The van der Waals surface area contributed by atoms with Crippen LogP contribution >= 0.6 is 0 Å². The molecule has 29 heavy (non-hydrogen) atoms. The van der Waals surface area contributed by atoms with Gasteiger partial charge in [-0.2, -0.15) is 0 Å². The van der Waals surface area contributed by atoms with Gasteiger partial charge < -0.3 is 24.6 Å². The molecule has 0 saturated carbocycles. The summed E-state index contributed by atoms with van der Waals surface area (Å²) in [5.41, 5.74) is 2.70. The normalized spacial score (nSPS) is 14.4. The standard InChI is InChI=1S/C23H27N3O3/c1-2-3-14-29-19-8-9-22-20(15-19)21(16-24-22)23(28)26-12-10-25(11-13-26)17-4-6-18(27)7-5-17/h4-9,15-16,24,27H,2-3,10-14H2,1H3. The highest BCUT2D eigenvalue weighted by Gasteiger charge is 2.24. The smallest absolute Gasteiger partial charge is 0.256 e. The summed E-state index contributed by atoms with van der Waals surface area (Å²) in [7, 11) is 0. The minimum atomic E-state index is 0.0484.